The van der Waals surface area contributed by atoms with E-state index in [-0.39, 0.29) is 17.8 Å². The molecule has 1 atom stereocenters. The lowest BCUT2D eigenvalue weighted by atomic mass is 9.95. The molecule has 7 nitrogen and oxygen atoms in total. The highest BCUT2D eigenvalue weighted by molar-refractivity contribution is 9.10. The Bertz CT molecular complexity index is 1250. The molecule has 3 aromatic rings. The van der Waals surface area contributed by atoms with Crippen LogP contribution in [0.5, 0.6) is 0 Å². The van der Waals surface area contributed by atoms with Gasteiger partial charge in [0.15, 0.2) is 0 Å². The van der Waals surface area contributed by atoms with Gasteiger partial charge in [-0.15, -0.1) is 0 Å². The van der Waals surface area contributed by atoms with Crippen molar-refractivity contribution < 1.29 is 18.9 Å². The molecule has 0 radical (unpaired) electrons. The molecule has 0 spiro atoms. The molecule has 0 saturated carbocycles. The Morgan fingerprint density at radius 3 is 2.56 bits per heavy atom. The van der Waals surface area contributed by atoms with Gasteiger partial charge in [-0.3, -0.25) is 19.7 Å². The molecule has 0 aliphatic carbocycles. The Hall–Kier alpha value is -3.59. The van der Waals surface area contributed by atoms with Crippen LogP contribution >= 0.6 is 15.9 Å². The lowest BCUT2D eigenvalue weighted by Crippen LogP contribution is -2.39. The second-order valence-electron chi connectivity index (χ2n) is 7.43. The number of carbonyl (C=O) groups excluding carboxylic acids is 2. The van der Waals surface area contributed by atoms with Crippen LogP contribution in [-0.4, -0.2) is 28.2 Å². The normalized spacial score (nSPS) is 15.5. The maximum absolute atomic E-state index is 13.6. The number of hydrogen-bond acceptors (Lipinski definition) is 4. The van der Waals surface area contributed by atoms with Gasteiger partial charge in [0, 0.05) is 32.9 Å². The Balaban J connectivity index is 1.89. The maximum Gasteiger partial charge on any atom is 0.273 e. The van der Waals surface area contributed by atoms with Gasteiger partial charge >= 0.3 is 0 Å². The van der Waals surface area contributed by atoms with Crippen LogP contribution in [0.3, 0.4) is 0 Å². The summed E-state index contributed by atoms with van der Waals surface area (Å²) < 4.78 is 14.4. The predicted molar refractivity (Wildman–Crippen MR) is 120 cm³/mol. The summed E-state index contributed by atoms with van der Waals surface area (Å²) in [7, 11) is 0. The van der Waals surface area contributed by atoms with Crippen molar-refractivity contribution in [2.75, 3.05) is 11.9 Å². The minimum Gasteiger partial charge on any atom is -0.324 e. The summed E-state index contributed by atoms with van der Waals surface area (Å²) in [5.74, 6) is -1.39. The molecule has 1 heterocycles. The topological polar surface area (TPSA) is 92.6 Å². The third-order valence-corrected chi connectivity index (χ3v) is 5.80. The van der Waals surface area contributed by atoms with Gasteiger partial charge in [-0.25, -0.2) is 4.39 Å². The van der Waals surface area contributed by atoms with E-state index < -0.39 is 28.6 Å². The average Bonchev–Trinajstić information content (AvgIpc) is 2.89. The highest BCUT2D eigenvalue weighted by Crippen LogP contribution is 2.38. The second kappa shape index (κ2) is 8.51. The standard InChI is InChI=1S/C23H17BrFN3O4/c1-13-2-3-15(10-20(13)28(31)32)23(30)27-12-21(29)26-19-9-6-16(24)11-18(19)22(27)14-4-7-17(25)8-5-14/h2-11,22H,12H2,1H3,(H,26,29)/t22-/m0/s1. The Morgan fingerprint density at radius 2 is 1.88 bits per heavy atom. The first kappa shape index (κ1) is 21.6. The monoisotopic (exact) mass is 497 g/mol. The fourth-order valence-corrected chi connectivity index (χ4v) is 4.15. The largest absolute Gasteiger partial charge is 0.324 e. The minimum atomic E-state index is -0.727. The van der Waals surface area contributed by atoms with E-state index in [0.717, 1.165) is 4.47 Å². The molecular weight excluding hydrogens is 481 g/mol. The second-order valence-corrected chi connectivity index (χ2v) is 8.34. The van der Waals surface area contributed by atoms with Gasteiger partial charge in [-0.05, 0) is 48.9 Å². The van der Waals surface area contributed by atoms with Crippen LogP contribution in [0.25, 0.3) is 0 Å². The molecule has 1 aliphatic heterocycles. The number of hydrogen-bond donors (Lipinski definition) is 1. The van der Waals surface area contributed by atoms with Gasteiger partial charge in [0.25, 0.3) is 11.6 Å². The average molecular weight is 498 g/mol. The minimum absolute atomic E-state index is 0.0839. The molecule has 0 saturated heterocycles. The fraction of sp³-hybridized carbons (Fsp3) is 0.130. The number of nitro benzene ring substituents is 1. The van der Waals surface area contributed by atoms with Crippen LogP contribution in [-0.2, 0) is 4.79 Å². The number of halogens is 2. The number of amides is 2. The van der Waals surface area contributed by atoms with Gasteiger partial charge in [-0.2, -0.15) is 0 Å². The van der Waals surface area contributed by atoms with Crippen molar-refractivity contribution in [1.29, 1.82) is 0 Å². The molecular formula is C23H17BrFN3O4. The zero-order valence-corrected chi connectivity index (χ0v) is 18.4. The quantitative estimate of drug-likeness (QED) is 0.407. The van der Waals surface area contributed by atoms with Crippen LogP contribution in [0.2, 0.25) is 0 Å². The van der Waals surface area contributed by atoms with Gasteiger partial charge in [-0.1, -0.05) is 34.1 Å². The zero-order chi connectivity index (χ0) is 23.0. The molecule has 162 valence electrons. The zero-order valence-electron chi connectivity index (χ0n) is 16.8. The summed E-state index contributed by atoms with van der Waals surface area (Å²) in [4.78, 5) is 38.4. The third kappa shape index (κ3) is 4.11. The maximum atomic E-state index is 13.6. The summed E-state index contributed by atoms with van der Waals surface area (Å²) >= 11 is 3.43. The Labute approximate surface area is 191 Å². The summed E-state index contributed by atoms with van der Waals surface area (Å²) in [6, 6.07) is 14.4. The van der Waals surface area contributed by atoms with E-state index in [9.17, 15) is 24.1 Å². The molecule has 3 aromatic carbocycles. The SMILES string of the molecule is Cc1ccc(C(=O)N2CC(=O)Nc3ccc(Br)cc3[C@@H]2c2ccc(F)cc2)cc1[N+](=O)[O-]. The van der Waals surface area contributed by atoms with Gasteiger partial charge in [0.2, 0.25) is 5.91 Å². The van der Waals surface area contributed by atoms with Crippen LogP contribution in [0, 0.1) is 22.9 Å². The number of aryl methyl sites for hydroxylation is 1. The molecule has 2 amide bonds. The van der Waals surface area contributed by atoms with Crippen molar-refractivity contribution in [3.8, 4) is 0 Å². The number of nitro groups is 1. The van der Waals surface area contributed by atoms with Crippen molar-refractivity contribution in [3.05, 3.63) is 103 Å². The van der Waals surface area contributed by atoms with Gasteiger partial charge < -0.3 is 10.2 Å². The first-order valence-electron chi connectivity index (χ1n) is 9.65. The number of nitrogens with zero attached hydrogens (tertiary/aromatic N) is 2. The van der Waals surface area contributed by atoms with Crippen LogP contribution in [0.4, 0.5) is 15.8 Å². The number of fused-ring (bicyclic) bond motifs is 1. The first-order valence-corrected chi connectivity index (χ1v) is 10.4. The Kier molecular flexibility index (Phi) is 5.75. The van der Waals surface area contributed by atoms with Gasteiger partial charge in [0.05, 0.1) is 11.0 Å². The molecule has 1 N–H and O–H groups in total. The number of rotatable bonds is 3. The summed E-state index contributed by atoms with van der Waals surface area (Å²) in [6.45, 7) is 1.30. The lowest BCUT2D eigenvalue weighted by Gasteiger charge is -2.30. The smallest absolute Gasteiger partial charge is 0.273 e. The molecule has 0 fully saturated rings. The van der Waals surface area contributed by atoms with Crippen LogP contribution < -0.4 is 5.32 Å². The highest BCUT2D eigenvalue weighted by Gasteiger charge is 2.34. The van der Waals surface area contributed by atoms with E-state index in [0.29, 0.717) is 22.4 Å². The molecule has 0 aromatic heterocycles. The first-order chi connectivity index (χ1) is 15.2. The van der Waals surface area contributed by atoms with E-state index in [1.54, 1.807) is 37.3 Å². The number of carbonyl (C=O) groups is 2. The van der Waals surface area contributed by atoms with Crippen molar-refractivity contribution in [2.45, 2.75) is 13.0 Å². The fourth-order valence-electron chi connectivity index (χ4n) is 3.78. The molecule has 4 rings (SSSR count). The third-order valence-electron chi connectivity index (χ3n) is 5.31. The molecule has 9 heteroatoms. The summed E-state index contributed by atoms with van der Waals surface area (Å²) in [6.07, 6.45) is 0. The van der Waals surface area contributed by atoms with Crippen molar-refractivity contribution in [1.82, 2.24) is 4.90 Å². The van der Waals surface area contributed by atoms with E-state index in [1.165, 1.54) is 35.2 Å². The van der Waals surface area contributed by atoms with Crippen LogP contribution in [0.1, 0.15) is 33.1 Å². The summed E-state index contributed by atoms with van der Waals surface area (Å²) in [5, 5.41) is 14.2. The van der Waals surface area contributed by atoms with E-state index in [2.05, 4.69) is 21.2 Å². The highest BCUT2D eigenvalue weighted by atomic mass is 79.9. The number of benzene rings is 3. The van der Waals surface area contributed by atoms with Crippen LogP contribution in [0.15, 0.2) is 65.1 Å². The van der Waals surface area contributed by atoms with Gasteiger partial charge in [0.1, 0.15) is 12.4 Å². The van der Waals surface area contributed by atoms with Crippen molar-refractivity contribution in [3.63, 3.8) is 0 Å². The molecule has 1 aliphatic rings. The molecule has 0 unspecified atom stereocenters. The predicted octanol–water partition coefficient (Wildman–Crippen LogP) is 4.99. The van der Waals surface area contributed by atoms with Crippen molar-refractivity contribution in [2.24, 2.45) is 0 Å². The lowest BCUT2D eigenvalue weighted by molar-refractivity contribution is -0.385. The number of nitrogens with one attached hydrogen (secondary N) is 1. The summed E-state index contributed by atoms with van der Waals surface area (Å²) in [5.41, 5.74) is 2.07. The molecule has 32 heavy (non-hydrogen) atoms. The van der Waals surface area contributed by atoms with E-state index in [1.807, 2.05) is 0 Å². The molecule has 0 bridgehead atoms. The van der Waals surface area contributed by atoms with E-state index >= 15 is 0 Å². The van der Waals surface area contributed by atoms with Crippen molar-refractivity contribution >= 4 is 39.1 Å². The Morgan fingerprint density at radius 1 is 1.16 bits per heavy atom. The number of anilines is 1. The van der Waals surface area contributed by atoms with E-state index in [4.69, 9.17) is 0 Å².